The number of hydrogen-bond donors (Lipinski definition) is 2. The van der Waals surface area contributed by atoms with Gasteiger partial charge in [0.2, 0.25) is 0 Å². The van der Waals surface area contributed by atoms with Crippen LogP contribution in [0.25, 0.3) is 0 Å². The molecule has 5 heteroatoms. The van der Waals surface area contributed by atoms with Gasteiger partial charge >= 0.3 is 5.97 Å². The van der Waals surface area contributed by atoms with Crippen LogP contribution in [0.1, 0.15) is 27.2 Å². The molecule has 0 saturated heterocycles. The Labute approximate surface area is 127 Å². The van der Waals surface area contributed by atoms with Crippen molar-refractivity contribution < 1.29 is 9.90 Å². The molecular weight excluding hydrogens is 326 g/mol. The molecule has 19 heavy (non-hydrogen) atoms. The van der Waals surface area contributed by atoms with Gasteiger partial charge in [0.15, 0.2) is 0 Å². The highest BCUT2D eigenvalue weighted by Gasteiger charge is 2.32. The third kappa shape index (κ3) is 5.55. The van der Waals surface area contributed by atoms with Crippen molar-refractivity contribution in [3.05, 3.63) is 28.7 Å². The molecule has 0 aliphatic rings. The number of nitrogens with one attached hydrogen (secondary N) is 1. The van der Waals surface area contributed by atoms with Gasteiger partial charge < -0.3 is 5.11 Å². The van der Waals surface area contributed by atoms with Gasteiger partial charge in [0.25, 0.3) is 0 Å². The smallest absolute Gasteiger partial charge is 0.323 e. The van der Waals surface area contributed by atoms with Crippen molar-refractivity contribution in [2.45, 2.75) is 43.7 Å². The lowest BCUT2D eigenvalue weighted by atomic mass is 9.98. The molecule has 0 aliphatic carbocycles. The van der Waals surface area contributed by atoms with Crippen molar-refractivity contribution in [1.29, 1.82) is 0 Å². The van der Waals surface area contributed by atoms with Crippen LogP contribution in [0.2, 0.25) is 0 Å². The van der Waals surface area contributed by atoms with E-state index >= 15 is 0 Å². The molecule has 106 valence electrons. The first-order valence-electron chi connectivity index (χ1n) is 6.23. The summed E-state index contributed by atoms with van der Waals surface area (Å²) in [5, 5.41) is 12.5. The Morgan fingerprint density at radius 1 is 1.53 bits per heavy atom. The highest BCUT2D eigenvalue weighted by molar-refractivity contribution is 9.10. The first-order chi connectivity index (χ1) is 8.83. The van der Waals surface area contributed by atoms with Crippen LogP contribution < -0.4 is 5.32 Å². The van der Waals surface area contributed by atoms with Crippen LogP contribution in [-0.4, -0.2) is 28.4 Å². The van der Waals surface area contributed by atoms with E-state index in [1.165, 1.54) is 0 Å². The minimum Gasteiger partial charge on any atom is -0.480 e. The van der Waals surface area contributed by atoms with Gasteiger partial charge in [0.05, 0.1) is 0 Å². The second kappa shape index (κ2) is 7.31. The summed E-state index contributed by atoms with van der Waals surface area (Å²) in [6.07, 6.45) is 0.581. The third-order valence-electron chi connectivity index (χ3n) is 2.75. The zero-order chi connectivity index (χ0) is 14.5. The fraction of sp³-hybridized carbons (Fsp3) is 0.500. The van der Waals surface area contributed by atoms with Crippen LogP contribution in [0.4, 0.5) is 0 Å². The van der Waals surface area contributed by atoms with Crippen LogP contribution in [0.15, 0.2) is 33.6 Å². The molecule has 1 atom stereocenters. The van der Waals surface area contributed by atoms with Crippen molar-refractivity contribution in [1.82, 2.24) is 5.32 Å². The second-order valence-corrected chi connectivity index (χ2v) is 7.08. The molecule has 1 aromatic carbocycles. The molecule has 0 aliphatic heterocycles. The lowest BCUT2D eigenvalue weighted by Gasteiger charge is -2.28. The largest absolute Gasteiger partial charge is 0.480 e. The molecule has 0 fully saturated rings. The first-order valence-corrected chi connectivity index (χ1v) is 8.01. The Morgan fingerprint density at radius 2 is 2.21 bits per heavy atom. The van der Waals surface area contributed by atoms with Gasteiger partial charge in [-0.25, -0.2) is 0 Å². The summed E-state index contributed by atoms with van der Waals surface area (Å²) in [6, 6.07) is 8.18. The summed E-state index contributed by atoms with van der Waals surface area (Å²) in [5.74, 6) is -0.0325. The molecule has 0 saturated carbocycles. The topological polar surface area (TPSA) is 49.3 Å². The number of hydrogen-bond acceptors (Lipinski definition) is 3. The quantitative estimate of drug-likeness (QED) is 0.738. The number of carbonyl (C=O) groups is 1. The summed E-state index contributed by atoms with van der Waals surface area (Å²) < 4.78 is 1.04. The van der Waals surface area contributed by atoms with Gasteiger partial charge in [-0.05, 0) is 45.4 Å². The van der Waals surface area contributed by atoms with E-state index in [-0.39, 0.29) is 6.04 Å². The maximum Gasteiger partial charge on any atom is 0.323 e. The van der Waals surface area contributed by atoms with Gasteiger partial charge in [-0.15, -0.1) is 11.8 Å². The van der Waals surface area contributed by atoms with Gasteiger partial charge in [-0.3, -0.25) is 10.1 Å². The first kappa shape index (κ1) is 16.5. The summed E-state index contributed by atoms with van der Waals surface area (Å²) >= 11 is 5.10. The van der Waals surface area contributed by atoms with Crippen molar-refractivity contribution >= 4 is 33.7 Å². The van der Waals surface area contributed by atoms with Crippen LogP contribution >= 0.6 is 27.7 Å². The van der Waals surface area contributed by atoms with Crippen LogP contribution in [0, 0.1) is 0 Å². The summed E-state index contributed by atoms with van der Waals surface area (Å²) in [7, 11) is 0. The Bertz CT molecular complexity index is 439. The van der Waals surface area contributed by atoms with E-state index in [4.69, 9.17) is 0 Å². The molecule has 0 aromatic heterocycles. The molecule has 0 amide bonds. The molecular formula is C14H20BrNO2S. The Balaban J connectivity index is 2.56. The molecule has 0 heterocycles. The average Bonchev–Trinajstić information content (AvgIpc) is 2.27. The lowest BCUT2D eigenvalue weighted by Crippen LogP contribution is -2.52. The molecule has 1 unspecified atom stereocenters. The summed E-state index contributed by atoms with van der Waals surface area (Å²) in [6.45, 7) is 5.67. The minimum atomic E-state index is -0.868. The van der Waals surface area contributed by atoms with E-state index < -0.39 is 11.5 Å². The van der Waals surface area contributed by atoms with Crippen molar-refractivity contribution in [3.63, 3.8) is 0 Å². The molecule has 1 rings (SSSR count). The zero-order valence-corrected chi connectivity index (χ0v) is 13.8. The number of halogens is 1. The van der Waals surface area contributed by atoms with E-state index in [1.807, 2.05) is 38.1 Å². The molecule has 3 nitrogen and oxygen atoms in total. The SMILES string of the molecule is CC(C)NC(C)(CCSc1cccc(Br)c1)C(=O)O. The number of carboxylic acid groups (broad SMARTS) is 1. The lowest BCUT2D eigenvalue weighted by molar-refractivity contribution is -0.144. The molecule has 2 N–H and O–H groups in total. The van der Waals surface area contributed by atoms with Gasteiger partial charge in [0.1, 0.15) is 5.54 Å². The predicted octanol–water partition coefficient (Wildman–Crippen LogP) is 3.77. The Morgan fingerprint density at radius 3 is 2.74 bits per heavy atom. The van der Waals surface area contributed by atoms with E-state index in [0.29, 0.717) is 6.42 Å². The molecule has 1 aromatic rings. The van der Waals surface area contributed by atoms with E-state index in [9.17, 15) is 9.90 Å². The van der Waals surface area contributed by atoms with Crippen molar-refractivity contribution in [3.8, 4) is 0 Å². The molecule has 0 spiro atoms. The number of thioether (sulfide) groups is 1. The molecule has 0 bridgehead atoms. The van der Waals surface area contributed by atoms with Crippen LogP contribution in [0.5, 0.6) is 0 Å². The Hall–Kier alpha value is -0.520. The number of aliphatic carboxylic acids is 1. The fourth-order valence-corrected chi connectivity index (χ4v) is 3.49. The monoisotopic (exact) mass is 345 g/mol. The average molecular weight is 346 g/mol. The van der Waals surface area contributed by atoms with Crippen LogP contribution in [-0.2, 0) is 4.79 Å². The standard InChI is InChI=1S/C14H20BrNO2S/c1-10(2)16-14(3,13(17)18)7-8-19-12-6-4-5-11(15)9-12/h4-6,9-10,16H,7-8H2,1-3H3,(H,17,18). The highest BCUT2D eigenvalue weighted by atomic mass is 79.9. The summed E-state index contributed by atoms with van der Waals surface area (Å²) in [4.78, 5) is 12.5. The fourth-order valence-electron chi connectivity index (χ4n) is 1.81. The van der Waals surface area contributed by atoms with Crippen LogP contribution in [0.3, 0.4) is 0 Å². The van der Waals surface area contributed by atoms with E-state index in [1.54, 1.807) is 18.7 Å². The molecule has 0 radical (unpaired) electrons. The maximum atomic E-state index is 11.4. The van der Waals surface area contributed by atoms with Gasteiger partial charge in [-0.1, -0.05) is 22.0 Å². The maximum absolute atomic E-state index is 11.4. The highest BCUT2D eigenvalue weighted by Crippen LogP contribution is 2.25. The minimum absolute atomic E-state index is 0.150. The normalized spacial score (nSPS) is 14.4. The van der Waals surface area contributed by atoms with E-state index in [0.717, 1.165) is 15.1 Å². The number of benzene rings is 1. The van der Waals surface area contributed by atoms with Crippen molar-refractivity contribution in [2.24, 2.45) is 0 Å². The second-order valence-electron chi connectivity index (χ2n) is 4.99. The third-order valence-corrected chi connectivity index (χ3v) is 4.23. The summed E-state index contributed by atoms with van der Waals surface area (Å²) in [5.41, 5.74) is -0.868. The number of carboxylic acids is 1. The predicted molar refractivity (Wildman–Crippen MR) is 83.8 cm³/mol. The van der Waals surface area contributed by atoms with E-state index in [2.05, 4.69) is 21.2 Å². The Kier molecular flexibility index (Phi) is 6.36. The zero-order valence-electron chi connectivity index (χ0n) is 11.4. The van der Waals surface area contributed by atoms with Gasteiger partial charge in [0, 0.05) is 21.2 Å². The van der Waals surface area contributed by atoms with Gasteiger partial charge in [-0.2, -0.15) is 0 Å². The van der Waals surface area contributed by atoms with Crippen molar-refractivity contribution in [2.75, 3.05) is 5.75 Å². The number of rotatable bonds is 7.